The highest BCUT2D eigenvalue weighted by Gasteiger charge is 2.21. The number of carboxylic acids is 1. The first kappa shape index (κ1) is 16.2. The van der Waals surface area contributed by atoms with E-state index in [1.54, 1.807) is 0 Å². The van der Waals surface area contributed by atoms with Crippen LogP contribution in [0.4, 0.5) is 4.79 Å². The smallest absolute Gasteiger partial charge is 0.326 e. The van der Waals surface area contributed by atoms with Crippen LogP contribution in [0.15, 0.2) is 0 Å². The number of ether oxygens (including phenoxy) is 1. The molecule has 0 saturated heterocycles. The summed E-state index contributed by atoms with van der Waals surface area (Å²) in [5, 5.41) is 13.7. The lowest BCUT2D eigenvalue weighted by molar-refractivity contribution is -0.139. The summed E-state index contributed by atoms with van der Waals surface area (Å²) < 4.78 is 5.32. The molecule has 0 bridgehead atoms. The summed E-state index contributed by atoms with van der Waals surface area (Å²) in [7, 11) is 0. The number of hydrogen-bond acceptors (Lipinski definition) is 4. The van der Waals surface area contributed by atoms with E-state index in [1.165, 1.54) is 12.8 Å². The van der Waals surface area contributed by atoms with Crippen molar-refractivity contribution in [3.63, 3.8) is 0 Å². The molecule has 0 spiro atoms. The van der Waals surface area contributed by atoms with E-state index in [0.29, 0.717) is 25.7 Å². The number of primary amides is 1. The fourth-order valence-electron chi connectivity index (χ4n) is 1.52. The molecule has 0 aromatic carbocycles. The lowest BCUT2D eigenvalue weighted by atomic mass is 10.1. The zero-order chi connectivity index (χ0) is 15.0. The summed E-state index contributed by atoms with van der Waals surface area (Å²) in [5.41, 5.74) is 4.94. The van der Waals surface area contributed by atoms with Crippen molar-refractivity contribution in [2.75, 3.05) is 19.8 Å². The number of carbonyl (C=O) groups is 3. The molecule has 5 N–H and O–H groups in total. The van der Waals surface area contributed by atoms with Crippen LogP contribution in [0.3, 0.4) is 0 Å². The van der Waals surface area contributed by atoms with Crippen molar-refractivity contribution in [3.8, 4) is 0 Å². The SMILES string of the molecule is NC(=O)CCC(NC(=O)NCCOCC1CC1)C(=O)O. The molecule has 114 valence electrons. The van der Waals surface area contributed by atoms with Crippen molar-refractivity contribution in [3.05, 3.63) is 0 Å². The maximum Gasteiger partial charge on any atom is 0.326 e. The number of carboxylic acid groups (broad SMARTS) is 1. The number of rotatable bonds is 10. The van der Waals surface area contributed by atoms with Crippen molar-refractivity contribution >= 4 is 17.9 Å². The molecule has 1 aliphatic rings. The van der Waals surface area contributed by atoms with Crippen molar-refractivity contribution in [2.45, 2.75) is 31.7 Å². The topological polar surface area (TPSA) is 131 Å². The molecule has 0 heterocycles. The van der Waals surface area contributed by atoms with Crippen LogP contribution in [0.2, 0.25) is 0 Å². The van der Waals surface area contributed by atoms with Crippen molar-refractivity contribution in [2.24, 2.45) is 11.7 Å². The number of hydrogen-bond donors (Lipinski definition) is 4. The van der Waals surface area contributed by atoms with Crippen LogP contribution in [0.5, 0.6) is 0 Å². The van der Waals surface area contributed by atoms with Crippen LogP contribution >= 0.6 is 0 Å². The molecule has 8 nitrogen and oxygen atoms in total. The molecule has 20 heavy (non-hydrogen) atoms. The van der Waals surface area contributed by atoms with Crippen LogP contribution in [-0.4, -0.2) is 48.8 Å². The molecule has 1 atom stereocenters. The Morgan fingerprint density at radius 3 is 2.60 bits per heavy atom. The fraction of sp³-hybridized carbons (Fsp3) is 0.750. The maximum absolute atomic E-state index is 11.5. The Bertz CT molecular complexity index is 357. The van der Waals surface area contributed by atoms with Crippen LogP contribution in [0.25, 0.3) is 0 Å². The molecule has 1 saturated carbocycles. The molecule has 1 rings (SSSR count). The number of amides is 3. The zero-order valence-corrected chi connectivity index (χ0v) is 11.3. The van der Waals surface area contributed by atoms with Crippen LogP contribution in [-0.2, 0) is 14.3 Å². The summed E-state index contributed by atoms with van der Waals surface area (Å²) in [6.45, 7) is 1.41. The quantitative estimate of drug-likeness (QED) is 0.400. The van der Waals surface area contributed by atoms with E-state index >= 15 is 0 Å². The van der Waals surface area contributed by atoms with Gasteiger partial charge < -0.3 is 26.2 Å². The highest BCUT2D eigenvalue weighted by Crippen LogP contribution is 2.28. The lowest BCUT2D eigenvalue weighted by Gasteiger charge is -2.14. The van der Waals surface area contributed by atoms with Gasteiger partial charge in [0.15, 0.2) is 0 Å². The molecule has 0 aromatic heterocycles. The van der Waals surface area contributed by atoms with Gasteiger partial charge in [0.1, 0.15) is 6.04 Å². The minimum atomic E-state index is -1.20. The Labute approximate surface area is 117 Å². The van der Waals surface area contributed by atoms with Gasteiger partial charge in [-0.1, -0.05) is 0 Å². The summed E-state index contributed by atoms with van der Waals surface area (Å²) in [5.74, 6) is -1.15. The average molecular weight is 287 g/mol. The summed E-state index contributed by atoms with van der Waals surface area (Å²) in [4.78, 5) is 32.9. The lowest BCUT2D eigenvalue weighted by Crippen LogP contribution is -2.47. The van der Waals surface area contributed by atoms with Gasteiger partial charge in [-0.05, 0) is 25.2 Å². The minimum Gasteiger partial charge on any atom is -0.480 e. The minimum absolute atomic E-state index is 0.0315. The third-order valence-electron chi connectivity index (χ3n) is 2.87. The van der Waals surface area contributed by atoms with Gasteiger partial charge in [-0.25, -0.2) is 9.59 Å². The van der Waals surface area contributed by atoms with E-state index in [0.717, 1.165) is 0 Å². The standard InChI is InChI=1S/C12H21N3O5/c13-10(16)4-3-9(11(17)18)15-12(19)14-5-6-20-7-8-1-2-8/h8-9H,1-7H2,(H2,13,16)(H,17,18)(H2,14,15,19). The molecule has 8 heteroatoms. The van der Waals surface area contributed by atoms with E-state index in [4.69, 9.17) is 15.6 Å². The van der Waals surface area contributed by atoms with Gasteiger partial charge in [0.2, 0.25) is 5.91 Å². The Kier molecular flexibility index (Phi) is 6.78. The Morgan fingerprint density at radius 2 is 2.05 bits per heavy atom. The molecule has 1 fully saturated rings. The normalized spacial score (nSPS) is 15.4. The van der Waals surface area contributed by atoms with Crippen LogP contribution in [0, 0.1) is 5.92 Å². The second-order valence-electron chi connectivity index (χ2n) is 4.81. The van der Waals surface area contributed by atoms with E-state index < -0.39 is 23.9 Å². The van der Waals surface area contributed by atoms with E-state index in [-0.39, 0.29) is 12.8 Å². The Hall–Kier alpha value is -1.83. The second kappa shape index (κ2) is 8.36. The van der Waals surface area contributed by atoms with Gasteiger partial charge in [-0.3, -0.25) is 4.79 Å². The van der Waals surface area contributed by atoms with E-state index in [1.807, 2.05) is 0 Å². The first-order valence-electron chi connectivity index (χ1n) is 6.62. The van der Waals surface area contributed by atoms with Gasteiger partial charge in [0, 0.05) is 19.6 Å². The maximum atomic E-state index is 11.5. The number of nitrogens with one attached hydrogen (secondary N) is 2. The van der Waals surface area contributed by atoms with Gasteiger partial charge >= 0.3 is 12.0 Å². The fourth-order valence-corrected chi connectivity index (χ4v) is 1.52. The molecule has 3 amide bonds. The Balaban J connectivity index is 2.12. The summed E-state index contributed by atoms with van der Waals surface area (Å²) in [6, 6.07) is -1.73. The second-order valence-corrected chi connectivity index (χ2v) is 4.81. The van der Waals surface area contributed by atoms with E-state index in [9.17, 15) is 14.4 Å². The first-order valence-corrected chi connectivity index (χ1v) is 6.62. The largest absolute Gasteiger partial charge is 0.480 e. The highest BCUT2D eigenvalue weighted by molar-refractivity contribution is 5.83. The first-order chi connectivity index (χ1) is 9.49. The van der Waals surface area contributed by atoms with Gasteiger partial charge in [0.25, 0.3) is 0 Å². The van der Waals surface area contributed by atoms with E-state index in [2.05, 4.69) is 10.6 Å². The monoisotopic (exact) mass is 287 g/mol. The molecule has 1 unspecified atom stereocenters. The number of urea groups is 1. The molecule has 0 radical (unpaired) electrons. The molecule has 1 aliphatic carbocycles. The molecule has 0 aliphatic heterocycles. The molecular formula is C12H21N3O5. The summed E-state index contributed by atoms with van der Waals surface area (Å²) >= 11 is 0. The molecular weight excluding hydrogens is 266 g/mol. The number of aliphatic carboxylic acids is 1. The van der Waals surface area contributed by atoms with Crippen LogP contribution in [0.1, 0.15) is 25.7 Å². The van der Waals surface area contributed by atoms with Gasteiger partial charge in [0.05, 0.1) is 6.61 Å². The number of carbonyl (C=O) groups excluding carboxylic acids is 2. The third kappa shape index (κ3) is 7.57. The van der Waals surface area contributed by atoms with Crippen molar-refractivity contribution < 1.29 is 24.2 Å². The highest BCUT2D eigenvalue weighted by atomic mass is 16.5. The predicted octanol–water partition coefficient (Wildman–Crippen LogP) is -0.569. The van der Waals surface area contributed by atoms with Crippen LogP contribution < -0.4 is 16.4 Å². The number of nitrogens with two attached hydrogens (primary N) is 1. The van der Waals surface area contributed by atoms with Crippen molar-refractivity contribution in [1.29, 1.82) is 0 Å². The third-order valence-corrected chi connectivity index (χ3v) is 2.87. The van der Waals surface area contributed by atoms with Gasteiger partial charge in [-0.2, -0.15) is 0 Å². The van der Waals surface area contributed by atoms with Crippen molar-refractivity contribution in [1.82, 2.24) is 10.6 Å². The average Bonchev–Trinajstić information content (AvgIpc) is 3.17. The summed E-state index contributed by atoms with van der Waals surface area (Å²) in [6.07, 6.45) is 2.28. The predicted molar refractivity (Wildman–Crippen MR) is 69.9 cm³/mol. The molecule has 0 aromatic rings. The zero-order valence-electron chi connectivity index (χ0n) is 11.3. The Morgan fingerprint density at radius 1 is 1.35 bits per heavy atom. The van der Waals surface area contributed by atoms with Gasteiger partial charge in [-0.15, -0.1) is 0 Å².